The van der Waals surface area contributed by atoms with Crippen LogP contribution in [0.25, 0.3) is 0 Å². The molecule has 2 aromatic rings. The van der Waals surface area contributed by atoms with Gasteiger partial charge in [-0.3, -0.25) is 0 Å². The summed E-state index contributed by atoms with van der Waals surface area (Å²) in [6.07, 6.45) is 1.46. The zero-order valence-electron chi connectivity index (χ0n) is 10.9. The predicted molar refractivity (Wildman–Crippen MR) is 76.0 cm³/mol. The highest BCUT2D eigenvalue weighted by atomic mass is 16.5. The van der Waals surface area contributed by atoms with Crippen molar-refractivity contribution >= 4 is 6.29 Å². The Morgan fingerprint density at radius 3 is 2.21 bits per heavy atom. The summed E-state index contributed by atoms with van der Waals surface area (Å²) in [6.45, 7) is 1.15. The fraction of sp³-hybridized carbons (Fsp3) is 0.235. The maximum atomic E-state index is 10.8. The van der Waals surface area contributed by atoms with Crippen molar-refractivity contribution in [3.8, 4) is 0 Å². The molecule has 1 unspecified atom stereocenters. The van der Waals surface area contributed by atoms with Crippen LogP contribution in [0, 0.1) is 0 Å². The zero-order chi connectivity index (χ0) is 13.3. The van der Waals surface area contributed by atoms with Crippen LogP contribution in [0.1, 0.15) is 23.5 Å². The third kappa shape index (κ3) is 4.34. The van der Waals surface area contributed by atoms with E-state index in [4.69, 9.17) is 4.74 Å². The van der Waals surface area contributed by atoms with E-state index >= 15 is 0 Å². The van der Waals surface area contributed by atoms with E-state index in [-0.39, 0.29) is 5.92 Å². The molecule has 2 heteroatoms. The van der Waals surface area contributed by atoms with Crippen molar-refractivity contribution in [2.75, 3.05) is 6.61 Å². The molecule has 0 amide bonds. The summed E-state index contributed by atoms with van der Waals surface area (Å²) >= 11 is 0. The van der Waals surface area contributed by atoms with Gasteiger partial charge in [0.1, 0.15) is 6.29 Å². The molecule has 2 rings (SSSR count). The van der Waals surface area contributed by atoms with E-state index in [9.17, 15) is 4.79 Å². The molecule has 0 saturated carbocycles. The van der Waals surface area contributed by atoms with Gasteiger partial charge in [-0.25, -0.2) is 0 Å². The molecule has 19 heavy (non-hydrogen) atoms. The minimum absolute atomic E-state index is 0.141. The lowest BCUT2D eigenvalue weighted by Gasteiger charge is -2.15. The monoisotopic (exact) mass is 254 g/mol. The molecule has 0 fully saturated rings. The summed E-state index contributed by atoms with van der Waals surface area (Å²) in [6, 6.07) is 20.1. The number of hydrogen-bond donors (Lipinski definition) is 0. The zero-order valence-corrected chi connectivity index (χ0v) is 10.9. The highest BCUT2D eigenvalue weighted by Gasteiger charge is 2.10. The van der Waals surface area contributed by atoms with E-state index in [1.807, 2.05) is 60.7 Å². The molecule has 0 aliphatic carbocycles. The molecule has 0 spiro atoms. The number of carbonyl (C=O) groups is 1. The van der Waals surface area contributed by atoms with Crippen LogP contribution in [0.5, 0.6) is 0 Å². The van der Waals surface area contributed by atoms with Gasteiger partial charge >= 0.3 is 0 Å². The van der Waals surface area contributed by atoms with Crippen molar-refractivity contribution in [1.82, 2.24) is 0 Å². The minimum atomic E-state index is 0.141. The van der Waals surface area contributed by atoms with Crippen molar-refractivity contribution in [2.45, 2.75) is 18.9 Å². The topological polar surface area (TPSA) is 26.3 Å². The number of carbonyl (C=O) groups excluding carboxylic acids is 1. The molecule has 0 aromatic heterocycles. The molecule has 1 atom stereocenters. The van der Waals surface area contributed by atoms with Crippen LogP contribution in [0.4, 0.5) is 0 Å². The first-order valence-electron chi connectivity index (χ1n) is 6.50. The first kappa shape index (κ1) is 13.5. The molecule has 0 radical (unpaired) electrons. The summed E-state index contributed by atoms with van der Waals surface area (Å²) in [5.74, 6) is 0.141. The van der Waals surface area contributed by atoms with Gasteiger partial charge < -0.3 is 9.53 Å². The molecule has 0 saturated heterocycles. The molecular weight excluding hydrogens is 236 g/mol. The number of hydrogen-bond acceptors (Lipinski definition) is 2. The number of aldehydes is 1. The second-order valence-corrected chi connectivity index (χ2v) is 4.51. The smallest absolute Gasteiger partial charge is 0.120 e. The average Bonchev–Trinajstić information content (AvgIpc) is 2.48. The number of rotatable bonds is 7. The van der Waals surface area contributed by atoms with Crippen LogP contribution >= 0.6 is 0 Å². The molecule has 0 aliphatic heterocycles. The molecule has 2 aromatic carbocycles. The predicted octanol–water partition coefficient (Wildman–Crippen LogP) is 3.58. The molecule has 0 aliphatic rings. The first-order valence-corrected chi connectivity index (χ1v) is 6.50. The lowest BCUT2D eigenvalue weighted by Crippen LogP contribution is -2.08. The van der Waals surface area contributed by atoms with Crippen LogP contribution in [0.2, 0.25) is 0 Å². The largest absolute Gasteiger partial charge is 0.376 e. The summed E-state index contributed by atoms with van der Waals surface area (Å²) in [5, 5.41) is 0. The van der Waals surface area contributed by atoms with Crippen molar-refractivity contribution in [2.24, 2.45) is 0 Å². The Morgan fingerprint density at radius 1 is 0.947 bits per heavy atom. The quantitative estimate of drug-likeness (QED) is 0.706. The third-order valence-corrected chi connectivity index (χ3v) is 3.08. The van der Waals surface area contributed by atoms with E-state index in [2.05, 4.69) is 0 Å². The lowest BCUT2D eigenvalue weighted by atomic mass is 9.97. The van der Waals surface area contributed by atoms with Gasteiger partial charge in [-0.2, -0.15) is 0 Å². The molecule has 0 bridgehead atoms. The van der Waals surface area contributed by atoms with E-state index in [1.54, 1.807) is 0 Å². The van der Waals surface area contributed by atoms with Gasteiger partial charge in [0, 0.05) is 12.3 Å². The summed E-state index contributed by atoms with van der Waals surface area (Å²) < 4.78 is 5.73. The van der Waals surface area contributed by atoms with Crippen LogP contribution in [0.3, 0.4) is 0 Å². The Bertz CT molecular complexity index is 479. The van der Waals surface area contributed by atoms with Crippen LogP contribution in [0.15, 0.2) is 60.7 Å². The highest BCUT2D eigenvalue weighted by molar-refractivity contribution is 5.51. The van der Waals surface area contributed by atoms with Gasteiger partial charge in [0.15, 0.2) is 0 Å². The highest BCUT2D eigenvalue weighted by Crippen LogP contribution is 2.19. The Labute approximate surface area is 114 Å². The van der Waals surface area contributed by atoms with E-state index in [0.29, 0.717) is 19.6 Å². The van der Waals surface area contributed by atoms with E-state index in [0.717, 1.165) is 17.4 Å². The van der Waals surface area contributed by atoms with E-state index < -0.39 is 0 Å². The summed E-state index contributed by atoms with van der Waals surface area (Å²) in [5.41, 5.74) is 2.31. The Kier molecular flexibility index (Phi) is 5.32. The Hall–Kier alpha value is -1.93. The minimum Gasteiger partial charge on any atom is -0.376 e. The van der Waals surface area contributed by atoms with Crippen molar-refractivity contribution in [3.63, 3.8) is 0 Å². The van der Waals surface area contributed by atoms with Gasteiger partial charge in [-0.05, 0) is 11.1 Å². The van der Waals surface area contributed by atoms with Crippen LogP contribution < -0.4 is 0 Å². The lowest BCUT2D eigenvalue weighted by molar-refractivity contribution is -0.108. The maximum absolute atomic E-state index is 10.8. The SMILES string of the molecule is O=CCC(COCc1ccccc1)c1ccccc1. The van der Waals surface area contributed by atoms with Crippen molar-refractivity contribution < 1.29 is 9.53 Å². The van der Waals surface area contributed by atoms with Crippen molar-refractivity contribution in [1.29, 1.82) is 0 Å². The average molecular weight is 254 g/mol. The Balaban J connectivity index is 1.89. The second kappa shape index (κ2) is 7.49. The van der Waals surface area contributed by atoms with Gasteiger partial charge in [0.25, 0.3) is 0 Å². The van der Waals surface area contributed by atoms with Crippen LogP contribution in [-0.2, 0) is 16.1 Å². The van der Waals surface area contributed by atoms with Gasteiger partial charge in [0.05, 0.1) is 13.2 Å². The van der Waals surface area contributed by atoms with Gasteiger partial charge in [-0.1, -0.05) is 60.7 Å². The van der Waals surface area contributed by atoms with E-state index in [1.165, 1.54) is 0 Å². The number of ether oxygens (including phenoxy) is 1. The second-order valence-electron chi connectivity index (χ2n) is 4.51. The molecular formula is C17H18O2. The van der Waals surface area contributed by atoms with Crippen molar-refractivity contribution in [3.05, 3.63) is 71.8 Å². The Morgan fingerprint density at radius 2 is 1.58 bits per heavy atom. The first-order chi connectivity index (χ1) is 9.40. The summed E-state index contributed by atoms with van der Waals surface area (Å²) in [4.78, 5) is 10.8. The molecule has 2 nitrogen and oxygen atoms in total. The maximum Gasteiger partial charge on any atom is 0.120 e. The fourth-order valence-corrected chi connectivity index (χ4v) is 2.03. The normalized spacial score (nSPS) is 12.0. The standard InChI is InChI=1S/C17H18O2/c18-12-11-17(16-9-5-2-6-10-16)14-19-13-15-7-3-1-4-8-15/h1-10,12,17H,11,13-14H2. The van der Waals surface area contributed by atoms with Crippen LogP contribution in [-0.4, -0.2) is 12.9 Å². The third-order valence-electron chi connectivity index (χ3n) is 3.08. The molecule has 0 N–H and O–H groups in total. The molecule has 98 valence electrons. The van der Waals surface area contributed by atoms with Gasteiger partial charge in [0.2, 0.25) is 0 Å². The van der Waals surface area contributed by atoms with Gasteiger partial charge in [-0.15, -0.1) is 0 Å². The number of benzene rings is 2. The molecule has 0 heterocycles. The summed E-state index contributed by atoms with van der Waals surface area (Å²) in [7, 11) is 0. The fourth-order valence-electron chi connectivity index (χ4n) is 2.03.